The zero-order valence-corrected chi connectivity index (χ0v) is 11.2. The van der Waals surface area contributed by atoms with Crippen molar-refractivity contribution in [1.82, 2.24) is 0 Å². The van der Waals surface area contributed by atoms with Gasteiger partial charge in [0.05, 0.1) is 5.71 Å². The van der Waals surface area contributed by atoms with Crippen molar-refractivity contribution in [2.24, 2.45) is 21.7 Å². The van der Waals surface area contributed by atoms with Crippen LogP contribution in [-0.4, -0.2) is 16.8 Å². The van der Waals surface area contributed by atoms with Crippen molar-refractivity contribution in [2.75, 3.05) is 0 Å². The van der Waals surface area contributed by atoms with Crippen LogP contribution in [0.4, 0.5) is 0 Å². The molecule has 19 heavy (non-hydrogen) atoms. The van der Waals surface area contributed by atoms with Gasteiger partial charge in [-0.2, -0.15) is 5.10 Å². The quantitative estimate of drug-likeness (QED) is 0.445. The fourth-order valence-corrected chi connectivity index (χ4v) is 1.73. The molecule has 5 nitrogen and oxygen atoms in total. The van der Waals surface area contributed by atoms with Crippen LogP contribution in [-0.2, 0) is 0 Å². The Morgan fingerprint density at radius 2 is 1.74 bits per heavy atom. The molecule has 0 spiro atoms. The van der Waals surface area contributed by atoms with Gasteiger partial charge in [0, 0.05) is 10.9 Å². The Morgan fingerprint density at radius 3 is 2.42 bits per heavy atom. The molecule has 0 radical (unpaired) electrons. The lowest BCUT2D eigenvalue weighted by atomic mass is 10.0. The average Bonchev–Trinajstić information content (AvgIpc) is 2.37. The number of phenolic OH excluding ortho intramolecular Hbond substituents is 1. The van der Waals surface area contributed by atoms with E-state index in [2.05, 4.69) is 10.2 Å². The minimum atomic E-state index is -0.116. The van der Waals surface area contributed by atoms with Crippen LogP contribution in [0.5, 0.6) is 5.75 Å². The molecule has 0 fully saturated rings. The first kappa shape index (κ1) is 14.8. The minimum Gasteiger partial charge on any atom is -0.507 e. The highest BCUT2D eigenvalue weighted by Crippen LogP contribution is 2.28. The van der Waals surface area contributed by atoms with E-state index in [1.165, 1.54) is 0 Å². The third-order valence-corrected chi connectivity index (χ3v) is 2.61. The molecule has 5 N–H and O–H groups in total. The number of aromatic hydroxyl groups is 1. The van der Waals surface area contributed by atoms with Gasteiger partial charge in [-0.25, -0.2) is 0 Å². The van der Waals surface area contributed by atoms with Crippen molar-refractivity contribution in [2.45, 2.75) is 6.92 Å². The first-order valence-corrected chi connectivity index (χ1v) is 5.44. The van der Waals surface area contributed by atoms with Crippen molar-refractivity contribution in [3.63, 3.8) is 0 Å². The molecule has 0 saturated carbocycles. The molecule has 2 rings (SSSR count). The van der Waals surface area contributed by atoms with Crippen LogP contribution in [0.1, 0.15) is 12.5 Å². The van der Waals surface area contributed by atoms with Crippen LogP contribution in [0.25, 0.3) is 10.8 Å². The van der Waals surface area contributed by atoms with Gasteiger partial charge in [0.1, 0.15) is 5.75 Å². The standard InChI is InChI=1S/C13H14N4O.ClH/c1-8(16-17-13(14)15)10-7-6-9-4-2-3-5-11(9)12(10)18;/h2-7,18H,1H3,(H4,14,15,17);1H/b16-8+;. The fraction of sp³-hybridized carbons (Fsp3) is 0.0769. The largest absolute Gasteiger partial charge is 0.507 e. The first-order valence-electron chi connectivity index (χ1n) is 5.44. The summed E-state index contributed by atoms with van der Waals surface area (Å²) in [5.74, 6) is 0.0646. The van der Waals surface area contributed by atoms with E-state index in [0.29, 0.717) is 11.3 Å². The molecule has 2 aromatic carbocycles. The van der Waals surface area contributed by atoms with Gasteiger partial charge >= 0.3 is 0 Å². The SMILES string of the molecule is C/C(=N\N=C(N)N)c1ccc2ccccc2c1O.Cl. The monoisotopic (exact) mass is 278 g/mol. The van der Waals surface area contributed by atoms with E-state index in [0.717, 1.165) is 10.8 Å². The summed E-state index contributed by atoms with van der Waals surface area (Å²) < 4.78 is 0. The predicted molar refractivity (Wildman–Crippen MR) is 80.9 cm³/mol. The Labute approximate surface area is 117 Å². The molecule has 0 heterocycles. The van der Waals surface area contributed by atoms with Gasteiger partial charge in [0.15, 0.2) is 0 Å². The van der Waals surface area contributed by atoms with Crippen LogP contribution < -0.4 is 11.5 Å². The maximum absolute atomic E-state index is 10.2. The number of guanidine groups is 1. The average molecular weight is 279 g/mol. The number of benzene rings is 2. The second kappa shape index (κ2) is 6.06. The van der Waals surface area contributed by atoms with Gasteiger partial charge in [-0.15, -0.1) is 17.5 Å². The van der Waals surface area contributed by atoms with E-state index >= 15 is 0 Å². The molecule has 0 aromatic heterocycles. The number of phenols is 1. The second-order valence-corrected chi connectivity index (χ2v) is 3.89. The summed E-state index contributed by atoms with van der Waals surface area (Å²) in [7, 11) is 0. The topological polar surface area (TPSA) is 97.0 Å². The Hall–Kier alpha value is -2.27. The van der Waals surface area contributed by atoms with E-state index in [-0.39, 0.29) is 24.1 Å². The van der Waals surface area contributed by atoms with Crippen molar-refractivity contribution < 1.29 is 5.11 Å². The molecule has 0 amide bonds. The minimum absolute atomic E-state index is 0. The second-order valence-electron chi connectivity index (χ2n) is 3.89. The van der Waals surface area contributed by atoms with E-state index < -0.39 is 0 Å². The molecule has 0 unspecified atom stereocenters. The number of hydrogen-bond donors (Lipinski definition) is 3. The fourth-order valence-electron chi connectivity index (χ4n) is 1.73. The van der Waals surface area contributed by atoms with Gasteiger partial charge < -0.3 is 16.6 Å². The van der Waals surface area contributed by atoms with E-state index in [4.69, 9.17) is 11.5 Å². The van der Waals surface area contributed by atoms with E-state index in [1.54, 1.807) is 13.0 Å². The summed E-state index contributed by atoms with van der Waals surface area (Å²) in [6, 6.07) is 11.3. The Kier molecular flexibility index (Phi) is 4.72. The summed E-state index contributed by atoms with van der Waals surface area (Å²) in [5.41, 5.74) is 11.6. The van der Waals surface area contributed by atoms with Crippen molar-refractivity contribution in [3.8, 4) is 5.75 Å². The van der Waals surface area contributed by atoms with E-state index in [1.807, 2.05) is 30.3 Å². The number of halogens is 1. The molecule has 0 aliphatic rings. The normalized spacial score (nSPS) is 10.9. The highest BCUT2D eigenvalue weighted by atomic mass is 35.5. The van der Waals surface area contributed by atoms with Crippen LogP contribution in [0.2, 0.25) is 0 Å². The highest BCUT2D eigenvalue weighted by molar-refractivity contribution is 6.06. The molecular formula is C13H15ClN4O. The molecule has 0 saturated heterocycles. The highest BCUT2D eigenvalue weighted by Gasteiger charge is 2.08. The number of hydrogen-bond acceptors (Lipinski definition) is 3. The molecule has 6 heteroatoms. The lowest BCUT2D eigenvalue weighted by Gasteiger charge is -2.06. The number of rotatable bonds is 2. The van der Waals surface area contributed by atoms with Gasteiger partial charge in [-0.3, -0.25) is 0 Å². The van der Waals surface area contributed by atoms with Crippen LogP contribution in [0, 0.1) is 0 Å². The van der Waals surface area contributed by atoms with Gasteiger partial charge in [-0.05, 0) is 18.4 Å². The van der Waals surface area contributed by atoms with Crippen LogP contribution in [0.3, 0.4) is 0 Å². The molecule has 2 aromatic rings. The zero-order chi connectivity index (χ0) is 13.1. The Bertz CT molecular complexity index is 648. The number of fused-ring (bicyclic) bond motifs is 1. The van der Waals surface area contributed by atoms with Crippen molar-refractivity contribution >= 4 is 34.9 Å². The maximum Gasteiger partial charge on any atom is 0.211 e. The molecule has 0 atom stereocenters. The Morgan fingerprint density at radius 1 is 1.05 bits per heavy atom. The third kappa shape index (κ3) is 3.14. The summed E-state index contributed by atoms with van der Waals surface area (Å²) in [6.45, 7) is 1.73. The van der Waals surface area contributed by atoms with Crippen molar-refractivity contribution in [1.29, 1.82) is 0 Å². The van der Waals surface area contributed by atoms with Crippen LogP contribution in [0.15, 0.2) is 46.6 Å². The number of nitrogens with two attached hydrogens (primary N) is 2. The first-order chi connectivity index (χ1) is 8.59. The Balaban J connectivity index is 0.00000180. The lowest BCUT2D eigenvalue weighted by molar-refractivity contribution is 0.480. The van der Waals surface area contributed by atoms with Gasteiger partial charge in [-0.1, -0.05) is 30.3 Å². The van der Waals surface area contributed by atoms with Gasteiger partial charge in [0.25, 0.3) is 0 Å². The molecular weight excluding hydrogens is 264 g/mol. The molecule has 0 bridgehead atoms. The van der Waals surface area contributed by atoms with E-state index in [9.17, 15) is 5.11 Å². The molecule has 100 valence electrons. The maximum atomic E-state index is 10.2. The summed E-state index contributed by atoms with van der Waals surface area (Å²) in [5, 5.41) is 19.4. The summed E-state index contributed by atoms with van der Waals surface area (Å²) >= 11 is 0. The third-order valence-electron chi connectivity index (χ3n) is 2.61. The zero-order valence-electron chi connectivity index (χ0n) is 10.4. The number of nitrogens with zero attached hydrogens (tertiary/aromatic N) is 2. The lowest BCUT2D eigenvalue weighted by Crippen LogP contribution is -2.22. The summed E-state index contributed by atoms with van der Waals surface area (Å²) in [4.78, 5) is 0. The molecule has 0 aliphatic heterocycles. The smallest absolute Gasteiger partial charge is 0.211 e. The predicted octanol–water partition coefficient (Wildman–Crippen LogP) is 1.96. The van der Waals surface area contributed by atoms with Crippen LogP contribution >= 0.6 is 12.4 Å². The van der Waals surface area contributed by atoms with Gasteiger partial charge in [0.2, 0.25) is 5.96 Å². The van der Waals surface area contributed by atoms with Crippen molar-refractivity contribution in [3.05, 3.63) is 42.0 Å². The molecule has 0 aliphatic carbocycles. The summed E-state index contributed by atoms with van der Waals surface area (Å²) in [6.07, 6.45) is 0.